The Morgan fingerprint density at radius 1 is 1.20 bits per heavy atom. The third-order valence-electron chi connectivity index (χ3n) is 9.17. The molecule has 0 saturated heterocycles. The van der Waals surface area contributed by atoms with Crippen LogP contribution in [0.5, 0.6) is 0 Å². The van der Waals surface area contributed by atoms with E-state index in [0.29, 0.717) is 34.1 Å². The predicted molar refractivity (Wildman–Crippen MR) is 170 cm³/mol. The molecule has 4 rings (SSSR count). The summed E-state index contributed by atoms with van der Waals surface area (Å²) in [6.07, 6.45) is -1.24. The maximum atomic E-state index is 16.3. The molecule has 4 amide bonds. The van der Waals surface area contributed by atoms with Gasteiger partial charge in [-0.3, -0.25) is 19.3 Å². The fourth-order valence-corrected chi connectivity index (χ4v) is 6.38. The molecule has 1 aliphatic carbocycles. The van der Waals surface area contributed by atoms with Crippen LogP contribution in [0.1, 0.15) is 63.8 Å². The van der Waals surface area contributed by atoms with E-state index in [1.165, 1.54) is 13.0 Å². The molecule has 6 N–H and O–H groups in total. The first-order chi connectivity index (χ1) is 21.6. The molecule has 3 aromatic rings. The van der Waals surface area contributed by atoms with Crippen LogP contribution in [-0.2, 0) is 33.8 Å². The normalized spacial score (nSPS) is 19.3. The third-order valence-corrected chi connectivity index (χ3v) is 9.46. The molecule has 0 bridgehead atoms. The van der Waals surface area contributed by atoms with Crippen LogP contribution in [0, 0.1) is 11.7 Å². The fraction of sp³-hybridized carbons (Fsp3) is 0.455. The number of carboxylic acid groups (broad SMARTS) is 1. The van der Waals surface area contributed by atoms with Gasteiger partial charge in [0.1, 0.15) is 29.1 Å². The number of hydrogen-bond donors (Lipinski definition) is 5. The largest absolute Gasteiger partial charge is 0.465 e. The molecule has 0 saturated carbocycles. The van der Waals surface area contributed by atoms with Gasteiger partial charge in [-0.05, 0) is 55.4 Å². The molecule has 0 fully saturated rings. The molecule has 5 atom stereocenters. The number of nitrogens with zero attached hydrogens (tertiary/aromatic N) is 1. The number of H-pyrrole nitrogens is 1. The van der Waals surface area contributed by atoms with E-state index < -0.39 is 52.9 Å². The van der Waals surface area contributed by atoms with Gasteiger partial charge < -0.3 is 26.5 Å². The van der Waals surface area contributed by atoms with E-state index in [0.717, 1.165) is 17.9 Å². The highest BCUT2D eigenvalue weighted by atomic mass is 35.5. The lowest BCUT2D eigenvalue weighted by molar-refractivity contribution is -0.141. The Balaban J connectivity index is 1.82. The van der Waals surface area contributed by atoms with Gasteiger partial charge in [0.25, 0.3) is 0 Å². The second-order valence-electron chi connectivity index (χ2n) is 12.3. The van der Waals surface area contributed by atoms with E-state index >= 15 is 4.39 Å². The van der Waals surface area contributed by atoms with Crippen molar-refractivity contribution in [2.45, 2.75) is 89.6 Å². The van der Waals surface area contributed by atoms with Crippen LogP contribution in [0.4, 0.5) is 13.6 Å². The average molecular weight is 660 g/mol. The van der Waals surface area contributed by atoms with Gasteiger partial charge in [-0.2, -0.15) is 0 Å². The van der Waals surface area contributed by atoms with Gasteiger partial charge in [0.15, 0.2) is 0 Å². The maximum absolute atomic E-state index is 16.3. The molecule has 248 valence electrons. The molecule has 2 unspecified atom stereocenters. The Hall–Kier alpha value is -4.19. The van der Waals surface area contributed by atoms with Crippen molar-refractivity contribution in [3.8, 4) is 0 Å². The first kappa shape index (κ1) is 34.7. The van der Waals surface area contributed by atoms with Crippen molar-refractivity contribution in [2.75, 3.05) is 0 Å². The van der Waals surface area contributed by atoms with Crippen LogP contribution in [-0.4, -0.2) is 62.1 Å². The minimum absolute atomic E-state index is 0.00984. The minimum atomic E-state index is -2.35. The molecule has 46 heavy (non-hydrogen) atoms. The summed E-state index contributed by atoms with van der Waals surface area (Å²) in [4.78, 5) is 57.4. The fourth-order valence-electron chi connectivity index (χ4n) is 6.12. The summed E-state index contributed by atoms with van der Waals surface area (Å²) in [5.74, 6) is -3.53. The zero-order valence-corrected chi connectivity index (χ0v) is 27.0. The van der Waals surface area contributed by atoms with Crippen molar-refractivity contribution in [2.24, 2.45) is 11.7 Å². The summed E-state index contributed by atoms with van der Waals surface area (Å²) >= 11 is 6.32. The predicted octanol–water partition coefficient (Wildman–Crippen LogP) is 5.01. The van der Waals surface area contributed by atoms with Crippen LogP contribution in [0.3, 0.4) is 0 Å². The van der Waals surface area contributed by atoms with Gasteiger partial charge in [0.2, 0.25) is 17.7 Å². The number of amides is 4. The third kappa shape index (κ3) is 6.96. The second-order valence-corrected chi connectivity index (χ2v) is 12.7. The lowest BCUT2D eigenvalue weighted by atomic mass is 9.77. The summed E-state index contributed by atoms with van der Waals surface area (Å²) < 4.78 is 30.8. The molecule has 2 aromatic carbocycles. The Morgan fingerprint density at radius 3 is 2.46 bits per heavy atom. The molecule has 0 spiro atoms. The average Bonchev–Trinajstić information content (AvgIpc) is 3.37. The van der Waals surface area contributed by atoms with Gasteiger partial charge in [0, 0.05) is 24.0 Å². The zero-order valence-electron chi connectivity index (χ0n) is 26.3. The number of alkyl halides is 1. The summed E-state index contributed by atoms with van der Waals surface area (Å²) in [6.45, 7) is 5.90. The smallest absolute Gasteiger partial charge is 0.408 e. The van der Waals surface area contributed by atoms with Crippen LogP contribution in [0.2, 0.25) is 5.02 Å². The Bertz CT molecular complexity index is 1630. The SMILES string of the molecule is CC[C@H](C)[C@H](NC(=O)[C@@]1(NC(=O)C(N(Cc2ccccc2)C(=O)O)C(C)(F)CC)CCc2[nH]c3c(Cl)cc(F)cc3c2C1)C(N)=O. The van der Waals surface area contributed by atoms with Gasteiger partial charge in [-0.15, -0.1) is 0 Å². The number of fused-ring (bicyclic) bond motifs is 3. The van der Waals surface area contributed by atoms with E-state index in [1.54, 1.807) is 37.3 Å². The van der Waals surface area contributed by atoms with E-state index in [4.69, 9.17) is 17.3 Å². The molecule has 0 aliphatic heterocycles. The van der Waals surface area contributed by atoms with Gasteiger partial charge in [-0.1, -0.05) is 69.1 Å². The number of aryl methyl sites for hydroxylation is 1. The number of carbonyl (C=O) groups is 4. The molecule has 1 aliphatic rings. The number of hydrogen-bond acceptors (Lipinski definition) is 4. The molecule has 13 heteroatoms. The highest BCUT2D eigenvalue weighted by Crippen LogP contribution is 2.38. The Kier molecular flexibility index (Phi) is 10.3. The highest BCUT2D eigenvalue weighted by molar-refractivity contribution is 6.35. The highest BCUT2D eigenvalue weighted by Gasteiger charge is 2.51. The van der Waals surface area contributed by atoms with Crippen molar-refractivity contribution in [3.05, 3.63) is 70.1 Å². The Labute approximate surface area is 271 Å². The maximum Gasteiger partial charge on any atom is 0.408 e. The number of nitrogens with one attached hydrogen (secondary N) is 3. The van der Waals surface area contributed by atoms with Gasteiger partial charge in [-0.25, -0.2) is 13.6 Å². The van der Waals surface area contributed by atoms with Crippen molar-refractivity contribution in [3.63, 3.8) is 0 Å². The summed E-state index contributed by atoms with van der Waals surface area (Å²) in [5.41, 5.74) is 3.66. The number of carbonyl (C=O) groups excluding carboxylic acids is 3. The monoisotopic (exact) mass is 659 g/mol. The molecule has 10 nitrogen and oxygen atoms in total. The number of benzene rings is 2. The molecular weight excluding hydrogens is 620 g/mol. The topological polar surface area (TPSA) is 158 Å². The van der Waals surface area contributed by atoms with Crippen molar-refractivity contribution < 1.29 is 33.1 Å². The minimum Gasteiger partial charge on any atom is -0.465 e. The van der Waals surface area contributed by atoms with Crippen molar-refractivity contribution >= 4 is 46.3 Å². The second kappa shape index (κ2) is 13.7. The standard InChI is InChI=1S/C33H40ClF2N5O5/c1-5-18(3)25(28(37)42)39-30(44)33(13-12-24-22(16-33)21-14-20(35)15-23(34)26(21)38-24)40-29(43)27(32(4,36)6-2)41(31(45)46)17-19-10-8-7-9-11-19/h7-11,14-15,18,25,27,38H,5-6,12-13,16-17H2,1-4H3,(H2,37,42)(H,39,44)(H,40,43)(H,45,46)/t18-,25-,27?,32?,33+/m0/s1. The summed E-state index contributed by atoms with van der Waals surface area (Å²) in [5, 5.41) is 16.2. The number of aromatic nitrogens is 1. The van der Waals surface area contributed by atoms with Crippen LogP contribution >= 0.6 is 11.6 Å². The van der Waals surface area contributed by atoms with E-state index in [9.17, 15) is 28.7 Å². The van der Waals surface area contributed by atoms with Gasteiger partial charge in [0.05, 0.1) is 10.5 Å². The summed E-state index contributed by atoms with van der Waals surface area (Å²) in [7, 11) is 0. The lowest BCUT2D eigenvalue weighted by Crippen LogP contribution is -2.68. The first-order valence-electron chi connectivity index (χ1n) is 15.3. The van der Waals surface area contributed by atoms with Gasteiger partial charge >= 0.3 is 6.09 Å². The van der Waals surface area contributed by atoms with E-state index in [1.807, 2.05) is 6.92 Å². The Morgan fingerprint density at radius 2 is 1.87 bits per heavy atom. The molecule has 1 heterocycles. The number of nitrogens with two attached hydrogens (primary N) is 1. The quantitative estimate of drug-likeness (QED) is 0.185. The number of aromatic amines is 1. The first-order valence-corrected chi connectivity index (χ1v) is 15.6. The number of primary amides is 1. The number of halogens is 3. The van der Waals surface area contributed by atoms with Crippen LogP contribution in [0.25, 0.3) is 10.9 Å². The van der Waals surface area contributed by atoms with Crippen molar-refractivity contribution in [1.29, 1.82) is 0 Å². The molecular formula is C33H40ClF2N5O5. The molecule has 1 aromatic heterocycles. The van der Waals surface area contributed by atoms with Crippen LogP contribution < -0.4 is 16.4 Å². The zero-order chi connectivity index (χ0) is 34.0. The van der Waals surface area contributed by atoms with E-state index in [2.05, 4.69) is 15.6 Å². The summed E-state index contributed by atoms with van der Waals surface area (Å²) in [6, 6.07) is 7.91. The van der Waals surface area contributed by atoms with Crippen LogP contribution in [0.15, 0.2) is 42.5 Å². The molecule has 0 radical (unpaired) electrons. The number of rotatable bonds is 12. The van der Waals surface area contributed by atoms with Crippen molar-refractivity contribution in [1.82, 2.24) is 20.5 Å². The lowest BCUT2D eigenvalue weighted by Gasteiger charge is -2.42. The van der Waals surface area contributed by atoms with E-state index in [-0.39, 0.29) is 43.2 Å².